The summed E-state index contributed by atoms with van der Waals surface area (Å²) in [6.07, 6.45) is -5.39. The van der Waals surface area contributed by atoms with Crippen LogP contribution in [-0.4, -0.2) is 113 Å². The summed E-state index contributed by atoms with van der Waals surface area (Å²) in [6.45, 7) is 1.16. The number of hydrogen-bond acceptors (Lipinski definition) is 16. The molecule has 2 unspecified atom stereocenters. The van der Waals surface area contributed by atoms with Gasteiger partial charge in [0, 0.05) is 30.7 Å². The molecule has 23 heteroatoms. The molecule has 1 aliphatic heterocycles. The zero-order chi connectivity index (χ0) is 32.9. The lowest BCUT2D eigenvalue weighted by atomic mass is 9.87. The minimum absolute atomic E-state index is 0.0540. The molecule has 20 nitrogen and oxygen atoms in total. The number of nitrogens with zero attached hydrogens (tertiary/aromatic N) is 4. The maximum atomic E-state index is 12.4. The highest BCUT2D eigenvalue weighted by Crippen LogP contribution is 2.61. The third kappa shape index (κ3) is 9.38. The molecule has 1 aliphatic rings. The number of carbonyl (C=O) groups excluding carboxylic acids is 2. The summed E-state index contributed by atoms with van der Waals surface area (Å²) < 4.78 is 45.3. The SMILES string of the molecule is CC(C)(COP(=O)(O)OP(=O)(O)OC[C@@H]1O[C@@H](n2cnc3c(N)ncnc32)[C@H](O)[C@H]1O)[C@@H](O)C(=O)NCCC(=O)NCCS. The van der Waals surface area contributed by atoms with Gasteiger partial charge in [-0.25, -0.2) is 24.1 Å². The lowest BCUT2D eigenvalue weighted by Crippen LogP contribution is -2.46. The van der Waals surface area contributed by atoms with Crippen molar-refractivity contribution in [3.8, 4) is 0 Å². The third-order valence-corrected chi connectivity index (χ3v) is 9.09. The molecule has 2 aromatic rings. The van der Waals surface area contributed by atoms with Crippen LogP contribution in [0.15, 0.2) is 12.7 Å². The van der Waals surface area contributed by atoms with E-state index in [0.29, 0.717) is 12.3 Å². The zero-order valence-electron chi connectivity index (χ0n) is 23.5. The Bertz CT molecular complexity index is 1420. The van der Waals surface area contributed by atoms with Crippen molar-refractivity contribution in [1.29, 1.82) is 0 Å². The Morgan fingerprint density at radius 2 is 1.82 bits per heavy atom. The van der Waals surface area contributed by atoms with Gasteiger partial charge in [0.25, 0.3) is 0 Å². The lowest BCUT2D eigenvalue weighted by molar-refractivity contribution is -0.137. The first kappa shape index (κ1) is 36.2. The van der Waals surface area contributed by atoms with Crippen molar-refractivity contribution in [1.82, 2.24) is 30.2 Å². The number of aliphatic hydroxyl groups excluding tert-OH is 3. The molecule has 0 spiro atoms. The van der Waals surface area contributed by atoms with Crippen LogP contribution in [0.1, 0.15) is 26.5 Å². The topological polar surface area (TPSA) is 300 Å². The quantitative estimate of drug-likeness (QED) is 0.0696. The van der Waals surface area contributed by atoms with Gasteiger partial charge in [-0.1, -0.05) is 13.8 Å². The molecule has 9 N–H and O–H groups in total. The predicted molar refractivity (Wildman–Crippen MR) is 153 cm³/mol. The number of aromatic nitrogens is 4. The Balaban J connectivity index is 1.50. The van der Waals surface area contributed by atoms with Crippen LogP contribution in [0.3, 0.4) is 0 Å². The van der Waals surface area contributed by atoms with Gasteiger partial charge in [-0.2, -0.15) is 16.9 Å². The summed E-state index contributed by atoms with van der Waals surface area (Å²) in [5.74, 6) is -0.760. The van der Waals surface area contributed by atoms with Gasteiger partial charge in [0.05, 0.1) is 19.5 Å². The van der Waals surface area contributed by atoms with Gasteiger partial charge in [0.15, 0.2) is 17.7 Å². The summed E-state index contributed by atoms with van der Waals surface area (Å²) in [5.41, 5.74) is 4.60. The molecule has 0 radical (unpaired) electrons. The van der Waals surface area contributed by atoms with E-state index in [1.54, 1.807) is 0 Å². The summed E-state index contributed by atoms with van der Waals surface area (Å²) in [4.78, 5) is 55.7. The number of nitrogens with two attached hydrogens (primary N) is 1. The van der Waals surface area contributed by atoms with E-state index in [2.05, 4.69) is 42.5 Å². The number of nitrogens with one attached hydrogen (secondary N) is 2. The van der Waals surface area contributed by atoms with Crippen LogP contribution in [0.25, 0.3) is 11.2 Å². The Morgan fingerprint density at radius 3 is 2.50 bits per heavy atom. The van der Waals surface area contributed by atoms with Gasteiger partial charge < -0.3 is 46.2 Å². The smallest absolute Gasteiger partial charge is 0.387 e. The standard InChI is InChI=1S/C21H35N7O13P2S/c1-21(2,16(32)19(33)24-4-3-12(29)23-5-6-44)8-39-43(36,37)41-42(34,35)38-7-11-14(30)15(31)20(40-11)28-10-27-13-17(22)25-9-26-18(13)28/h9-11,14-16,20,30-32,44H,3-8H2,1-2H3,(H,23,29)(H,24,33)(H,34,35)(H,36,37)(H2,22,25,26)/t11-,14-,15+,16-,20+/m0/s1. The fraction of sp³-hybridized carbons (Fsp3) is 0.667. The van der Waals surface area contributed by atoms with Crippen LogP contribution < -0.4 is 16.4 Å². The van der Waals surface area contributed by atoms with Gasteiger partial charge in [0.2, 0.25) is 11.8 Å². The Morgan fingerprint density at radius 1 is 1.14 bits per heavy atom. The number of amides is 2. The van der Waals surface area contributed by atoms with Crippen molar-refractivity contribution < 1.29 is 61.9 Å². The van der Waals surface area contributed by atoms with Crippen LogP contribution in [0.4, 0.5) is 5.82 Å². The number of phosphoric ester groups is 2. The number of rotatable bonds is 16. The summed E-state index contributed by atoms with van der Waals surface area (Å²) in [7, 11) is -10.7. The predicted octanol–water partition coefficient (Wildman–Crippen LogP) is -1.78. The fourth-order valence-corrected chi connectivity index (χ4v) is 6.22. The first-order valence-corrected chi connectivity index (χ1v) is 16.5. The van der Waals surface area contributed by atoms with E-state index in [4.69, 9.17) is 19.5 Å². The molecule has 1 fully saturated rings. The Hall–Kier alpha value is -2.26. The average Bonchev–Trinajstić information content (AvgIpc) is 3.50. The maximum absolute atomic E-state index is 12.4. The number of carbonyl (C=O) groups is 2. The zero-order valence-corrected chi connectivity index (χ0v) is 26.2. The van der Waals surface area contributed by atoms with Crippen LogP contribution in [0, 0.1) is 5.41 Å². The van der Waals surface area contributed by atoms with Crippen molar-refractivity contribution in [3.05, 3.63) is 12.7 Å². The highest BCUT2D eigenvalue weighted by Gasteiger charge is 2.46. The molecule has 0 aromatic carbocycles. The number of aliphatic hydroxyl groups is 3. The number of ether oxygens (including phenoxy) is 1. The summed E-state index contributed by atoms with van der Waals surface area (Å²) >= 11 is 3.96. The van der Waals surface area contributed by atoms with Gasteiger partial charge in [-0.05, 0) is 0 Å². The maximum Gasteiger partial charge on any atom is 0.481 e. The van der Waals surface area contributed by atoms with Gasteiger partial charge in [-0.3, -0.25) is 23.2 Å². The van der Waals surface area contributed by atoms with Crippen LogP contribution in [-0.2, 0) is 36.8 Å². The highest BCUT2D eigenvalue weighted by molar-refractivity contribution is 7.80. The fourth-order valence-electron chi connectivity index (χ4n) is 3.86. The molecule has 7 atom stereocenters. The van der Waals surface area contributed by atoms with Crippen molar-refractivity contribution in [3.63, 3.8) is 0 Å². The second-order valence-electron chi connectivity index (χ2n) is 10.2. The van der Waals surface area contributed by atoms with E-state index in [-0.39, 0.29) is 35.9 Å². The summed E-state index contributed by atoms with van der Waals surface area (Å²) in [6, 6.07) is 0. The second-order valence-corrected chi connectivity index (χ2v) is 13.7. The highest BCUT2D eigenvalue weighted by atomic mass is 32.1. The molecule has 1 saturated heterocycles. The second kappa shape index (κ2) is 14.9. The van der Waals surface area contributed by atoms with Crippen molar-refractivity contribution in [2.24, 2.45) is 5.41 Å². The van der Waals surface area contributed by atoms with Crippen molar-refractivity contribution in [2.45, 2.75) is 50.9 Å². The van der Waals surface area contributed by atoms with Crippen LogP contribution in [0.2, 0.25) is 0 Å². The minimum atomic E-state index is -5.35. The first-order valence-electron chi connectivity index (χ1n) is 12.9. The number of nitrogen functional groups attached to an aromatic ring is 1. The number of thiol groups is 1. The molecule has 2 amide bonds. The van der Waals surface area contributed by atoms with Crippen LogP contribution >= 0.6 is 28.3 Å². The average molecular weight is 688 g/mol. The molecule has 0 bridgehead atoms. The number of fused-ring (bicyclic) bond motifs is 1. The van der Waals surface area contributed by atoms with Crippen molar-refractivity contribution in [2.75, 3.05) is 37.8 Å². The first-order chi connectivity index (χ1) is 20.5. The molecule has 2 aromatic heterocycles. The molecular weight excluding hydrogens is 652 g/mol. The van der Waals surface area contributed by atoms with E-state index in [0.717, 1.165) is 6.33 Å². The van der Waals surface area contributed by atoms with E-state index in [9.17, 15) is 43.8 Å². The number of imidazole rings is 1. The van der Waals surface area contributed by atoms with Gasteiger partial charge in [-0.15, -0.1) is 0 Å². The molecule has 3 heterocycles. The van der Waals surface area contributed by atoms with E-state index >= 15 is 0 Å². The third-order valence-electron chi connectivity index (χ3n) is 6.28. The molecule has 248 valence electrons. The molecular formula is C21H35N7O13P2S. The normalized spacial score (nSPS) is 24.0. The van der Waals surface area contributed by atoms with Gasteiger partial charge >= 0.3 is 15.6 Å². The monoisotopic (exact) mass is 687 g/mol. The Labute approximate surface area is 255 Å². The number of hydrogen-bond donors (Lipinski definition) is 9. The molecule has 44 heavy (non-hydrogen) atoms. The number of anilines is 1. The largest absolute Gasteiger partial charge is 0.481 e. The molecule has 0 saturated carbocycles. The van der Waals surface area contributed by atoms with Crippen LogP contribution in [0.5, 0.6) is 0 Å². The van der Waals surface area contributed by atoms with E-state index in [1.165, 1.54) is 24.7 Å². The van der Waals surface area contributed by atoms with E-state index < -0.39 is 70.8 Å². The molecule has 0 aliphatic carbocycles. The van der Waals surface area contributed by atoms with E-state index in [1.807, 2.05) is 0 Å². The number of phosphoric acid groups is 2. The summed E-state index contributed by atoms with van der Waals surface area (Å²) in [5, 5.41) is 36.2. The minimum Gasteiger partial charge on any atom is -0.387 e. The van der Waals surface area contributed by atoms with Gasteiger partial charge in [0.1, 0.15) is 36.3 Å². The van der Waals surface area contributed by atoms with Crippen molar-refractivity contribution >= 4 is 57.1 Å². The Kier molecular flexibility index (Phi) is 12.3. The lowest BCUT2D eigenvalue weighted by Gasteiger charge is -2.30. The molecule has 3 rings (SSSR count).